The van der Waals surface area contributed by atoms with E-state index in [4.69, 9.17) is 19.4 Å². The molecule has 0 spiro atoms. The molecule has 12 rings (SSSR count). The van der Waals surface area contributed by atoms with Gasteiger partial charge >= 0.3 is 0 Å². The van der Waals surface area contributed by atoms with Crippen molar-refractivity contribution >= 4 is 65.0 Å². The number of hydrogen-bond acceptors (Lipinski definition) is 4. The first kappa shape index (κ1) is 33.2. The van der Waals surface area contributed by atoms with Gasteiger partial charge in [0.15, 0.2) is 17.5 Å². The van der Waals surface area contributed by atoms with Crippen LogP contribution in [-0.4, -0.2) is 15.0 Å². The summed E-state index contributed by atoms with van der Waals surface area (Å²) in [5, 5.41) is 12.1. The van der Waals surface area contributed by atoms with Crippen molar-refractivity contribution in [1.29, 1.82) is 0 Å². The van der Waals surface area contributed by atoms with Crippen LogP contribution in [0.3, 0.4) is 0 Å². The molecule has 0 aliphatic rings. The largest absolute Gasteiger partial charge is 0.455 e. The molecular weight excluding hydrogens is 719 g/mol. The lowest BCUT2D eigenvalue weighted by molar-refractivity contribution is 0.673. The summed E-state index contributed by atoms with van der Waals surface area (Å²) in [5.41, 5.74) is 9.12. The molecule has 0 unspecified atom stereocenters. The molecule has 2 heterocycles. The van der Waals surface area contributed by atoms with Crippen LogP contribution < -0.4 is 0 Å². The Balaban J connectivity index is 0.954. The van der Waals surface area contributed by atoms with Gasteiger partial charge in [-0.05, 0) is 84.2 Å². The molecular formula is C55H33N3O. The third-order valence-electron chi connectivity index (χ3n) is 11.7. The fraction of sp³-hybridized carbons (Fsp3) is 0. The van der Waals surface area contributed by atoms with Crippen LogP contribution in [-0.2, 0) is 0 Å². The van der Waals surface area contributed by atoms with Gasteiger partial charge in [0.25, 0.3) is 0 Å². The van der Waals surface area contributed by atoms with Crippen LogP contribution in [0.1, 0.15) is 0 Å². The third-order valence-corrected chi connectivity index (χ3v) is 11.7. The van der Waals surface area contributed by atoms with Gasteiger partial charge in [0, 0.05) is 32.8 Å². The Kier molecular flexibility index (Phi) is 7.50. The maximum atomic E-state index is 6.77. The van der Waals surface area contributed by atoms with Gasteiger partial charge in [-0.25, -0.2) is 15.0 Å². The summed E-state index contributed by atoms with van der Waals surface area (Å²) in [5.74, 6) is 1.92. The highest BCUT2D eigenvalue weighted by atomic mass is 16.3. The Bertz CT molecular complexity index is 3500. The van der Waals surface area contributed by atoms with Crippen LogP contribution in [0, 0.1) is 0 Å². The molecule has 274 valence electrons. The monoisotopic (exact) mass is 751 g/mol. The van der Waals surface area contributed by atoms with E-state index in [0.29, 0.717) is 17.5 Å². The molecule has 0 radical (unpaired) electrons. The summed E-state index contributed by atoms with van der Waals surface area (Å²) < 4.78 is 6.77. The third kappa shape index (κ3) is 5.49. The van der Waals surface area contributed by atoms with Gasteiger partial charge in [0.1, 0.15) is 11.2 Å². The van der Waals surface area contributed by atoms with E-state index in [2.05, 4.69) is 140 Å². The van der Waals surface area contributed by atoms with Crippen LogP contribution in [0.2, 0.25) is 0 Å². The predicted octanol–water partition coefficient (Wildman–Crippen LogP) is 14.7. The van der Waals surface area contributed by atoms with E-state index in [-0.39, 0.29) is 0 Å². The highest BCUT2D eigenvalue weighted by Gasteiger charge is 2.18. The van der Waals surface area contributed by atoms with Gasteiger partial charge in [0.2, 0.25) is 0 Å². The molecule has 0 N–H and O–H groups in total. The Morgan fingerprint density at radius 2 is 0.678 bits per heavy atom. The number of nitrogens with zero attached hydrogens (tertiary/aromatic N) is 3. The summed E-state index contributed by atoms with van der Waals surface area (Å²) in [4.78, 5) is 14.7. The molecule has 59 heavy (non-hydrogen) atoms. The van der Waals surface area contributed by atoms with Crippen molar-refractivity contribution in [2.45, 2.75) is 0 Å². The van der Waals surface area contributed by atoms with E-state index < -0.39 is 0 Å². The zero-order valence-corrected chi connectivity index (χ0v) is 31.8. The van der Waals surface area contributed by atoms with E-state index in [1.165, 1.54) is 48.8 Å². The SMILES string of the molecule is c1ccc(-c2nc(-c3ccccc3)nc(-c3ccc(-c4ccc5c(c4)oc4c6ccccc6c(-c6ccc7c8ccccc8c8ccccc8c7c6)cc54)cc3)n2)cc1. The first-order valence-electron chi connectivity index (χ1n) is 19.9. The van der Waals surface area contributed by atoms with E-state index in [1.807, 2.05) is 60.7 Å². The topological polar surface area (TPSA) is 51.8 Å². The molecule has 0 atom stereocenters. The number of aromatic nitrogens is 3. The van der Waals surface area contributed by atoms with Crippen molar-refractivity contribution in [3.8, 4) is 56.4 Å². The normalized spacial score (nSPS) is 11.7. The molecule has 4 heteroatoms. The van der Waals surface area contributed by atoms with Crippen LogP contribution in [0.5, 0.6) is 0 Å². The molecule has 10 aromatic carbocycles. The highest BCUT2D eigenvalue weighted by molar-refractivity contribution is 6.26. The molecule has 12 aromatic rings. The summed E-state index contributed by atoms with van der Waals surface area (Å²) in [7, 11) is 0. The lowest BCUT2D eigenvalue weighted by Crippen LogP contribution is -2.00. The van der Waals surface area contributed by atoms with E-state index in [9.17, 15) is 0 Å². The number of benzene rings is 10. The van der Waals surface area contributed by atoms with Gasteiger partial charge in [0.05, 0.1) is 0 Å². The van der Waals surface area contributed by atoms with Gasteiger partial charge in [-0.1, -0.05) is 176 Å². The van der Waals surface area contributed by atoms with Crippen LogP contribution >= 0.6 is 0 Å². The Hall–Kier alpha value is -7.95. The predicted molar refractivity (Wildman–Crippen MR) is 244 cm³/mol. The Labute approximate surface area is 339 Å². The number of fused-ring (bicyclic) bond motifs is 11. The minimum Gasteiger partial charge on any atom is -0.455 e. The molecule has 0 saturated heterocycles. The van der Waals surface area contributed by atoms with Crippen molar-refractivity contribution < 1.29 is 4.42 Å². The lowest BCUT2D eigenvalue weighted by atomic mass is 9.90. The summed E-state index contributed by atoms with van der Waals surface area (Å²) in [6.07, 6.45) is 0. The van der Waals surface area contributed by atoms with Crippen LogP contribution in [0.4, 0.5) is 0 Å². The smallest absolute Gasteiger partial charge is 0.164 e. The van der Waals surface area contributed by atoms with Gasteiger partial charge in [-0.3, -0.25) is 0 Å². The van der Waals surface area contributed by atoms with Crippen LogP contribution in [0.15, 0.2) is 205 Å². The average molecular weight is 752 g/mol. The second-order valence-corrected chi connectivity index (χ2v) is 15.1. The molecule has 0 saturated carbocycles. The first-order chi connectivity index (χ1) is 29.2. The van der Waals surface area contributed by atoms with Gasteiger partial charge in [-0.15, -0.1) is 0 Å². The molecule has 4 nitrogen and oxygen atoms in total. The zero-order chi connectivity index (χ0) is 38.9. The van der Waals surface area contributed by atoms with E-state index >= 15 is 0 Å². The minimum absolute atomic E-state index is 0.632. The molecule has 0 aliphatic heterocycles. The molecule has 0 amide bonds. The maximum Gasteiger partial charge on any atom is 0.164 e. The summed E-state index contributed by atoms with van der Waals surface area (Å²) in [6.45, 7) is 0. The zero-order valence-electron chi connectivity index (χ0n) is 31.8. The minimum atomic E-state index is 0.632. The first-order valence-corrected chi connectivity index (χ1v) is 19.9. The molecule has 0 bridgehead atoms. The quantitative estimate of drug-likeness (QED) is 0.164. The maximum absolute atomic E-state index is 6.77. The van der Waals surface area contributed by atoms with Gasteiger partial charge in [-0.2, -0.15) is 0 Å². The molecule has 0 fully saturated rings. The second kappa shape index (κ2) is 13.3. The number of hydrogen-bond donors (Lipinski definition) is 0. The molecule has 2 aromatic heterocycles. The molecule has 0 aliphatic carbocycles. The van der Waals surface area contributed by atoms with Crippen LogP contribution in [0.25, 0.3) is 121 Å². The number of rotatable bonds is 5. The van der Waals surface area contributed by atoms with Crippen molar-refractivity contribution in [1.82, 2.24) is 15.0 Å². The fourth-order valence-electron chi connectivity index (χ4n) is 8.84. The second-order valence-electron chi connectivity index (χ2n) is 15.1. The lowest BCUT2D eigenvalue weighted by Gasteiger charge is -2.13. The number of furan rings is 1. The van der Waals surface area contributed by atoms with Gasteiger partial charge < -0.3 is 4.42 Å². The fourth-order valence-corrected chi connectivity index (χ4v) is 8.84. The Morgan fingerprint density at radius 1 is 0.254 bits per heavy atom. The van der Waals surface area contributed by atoms with E-state index in [0.717, 1.165) is 55.1 Å². The summed E-state index contributed by atoms with van der Waals surface area (Å²) in [6, 6.07) is 70.5. The highest BCUT2D eigenvalue weighted by Crippen LogP contribution is 2.43. The van der Waals surface area contributed by atoms with Crippen molar-refractivity contribution in [2.24, 2.45) is 0 Å². The summed E-state index contributed by atoms with van der Waals surface area (Å²) >= 11 is 0. The van der Waals surface area contributed by atoms with E-state index in [1.54, 1.807) is 0 Å². The van der Waals surface area contributed by atoms with Crippen molar-refractivity contribution in [2.75, 3.05) is 0 Å². The van der Waals surface area contributed by atoms with Crippen molar-refractivity contribution in [3.63, 3.8) is 0 Å². The average Bonchev–Trinajstić information content (AvgIpc) is 3.70. The van der Waals surface area contributed by atoms with Crippen molar-refractivity contribution in [3.05, 3.63) is 200 Å². The standard InChI is InChI=1S/C55H33N3O/c1-3-13-35(14-4-1)53-56-54(36-15-5-2-6-16-36)58-55(57-53)37-25-23-34(24-26-37)38-27-30-46-50-33-48(44-21-11-12-22-47(44)52(50)59-51(46)32-38)39-28-29-45-42-19-8-7-17-40(42)41-18-9-10-20-43(41)49(45)31-39/h1-33H. The Morgan fingerprint density at radius 3 is 1.27 bits per heavy atom.